The van der Waals surface area contributed by atoms with Gasteiger partial charge in [0.1, 0.15) is 30.1 Å². The second kappa shape index (κ2) is 11.9. The molecule has 1 fully saturated rings. The van der Waals surface area contributed by atoms with Crippen molar-refractivity contribution in [2.75, 3.05) is 20.3 Å². The highest BCUT2D eigenvalue weighted by Gasteiger charge is 2.45. The van der Waals surface area contributed by atoms with Gasteiger partial charge in [0.25, 0.3) is 5.91 Å². The largest absolute Gasteiger partial charge is 0.497 e. The van der Waals surface area contributed by atoms with E-state index < -0.39 is 48.7 Å². The summed E-state index contributed by atoms with van der Waals surface area (Å²) in [7, 11) is 1.51. The van der Waals surface area contributed by atoms with Crippen LogP contribution in [0.4, 0.5) is 0 Å². The number of thiol groups is 1. The van der Waals surface area contributed by atoms with E-state index in [0.29, 0.717) is 24.2 Å². The van der Waals surface area contributed by atoms with Gasteiger partial charge in [-0.15, -0.1) is 12.6 Å². The molecule has 6 N–H and O–H groups in total. The van der Waals surface area contributed by atoms with Crippen LogP contribution in [0.15, 0.2) is 24.3 Å². The molecule has 11 heteroatoms. The maximum atomic E-state index is 12.7. The number of hydrogen-bond donors (Lipinski definition) is 6. The number of ether oxygens (including phenoxy) is 3. The van der Waals surface area contributed by atoms with Crippen molar-refractivity contribution in [1.82, 2.24) is 5.32 Å². The van der Waals surface area contributed by atoms with E-state index in [0.717, 1.165) is 0 Å². The summed E-state index contributed by atoms with van der Waals surface area (Å²) in [6, 6.07) is 5.23. The van der Waals surface area contributed by atoms with Crippen molar-refractivity contribution in [1.29, 1.82) is 0 Å². The first-order valence-corrected chi connectivity index (χ1v) is 10.7. The fraction of sp³-hybridized carbons (Fsp3) is 0.619. The van der Waals surface area contributed by atoms with Crippen molar-refractivity contribution in [2.45, 2.75) is 62.4 Å². The van der Waals surface area contributed by atoms with E-state index in [1.165, 1.54) is 7.11 Å². The van der Waals surface area contributed by atoms with Crippen molar-refractivity contribution in [2.24, 2.45) is 5.73 Å². The highest BCUT2D eigenvalue weighted by molar-refractivity contribution is 7.96. The molecule has 0 bridgehead atoms. The van der Waals surface area contributed by atoms with Crippen LogP contribution in [0.3, 0.4) is 0 Å². The quantitative estimate of drug-likeness (QED) is 0.235. The molecule has 0 aromatic heterocycles. The lowest BCUT2D eigenvalue weighted by Crippen LogP contribution is -2.64. The summed E-state index contributed by atoms with van der Waals surface area (Å²) >= 11 is 3.74. The highest BCUT2D eigenvalue weighted by atomic mass is 32.1. The summed E-state index contributed by atoms with van der Waals surface area (Å²) in [5.74, 6) is 0.0639. The Morgan fingerprint density at radius 1 is 1.22 bits per heavy atom. The predicted molar refractivity (Wildman–Crippen MR) is 118 cm³/mol. The Morgan fingerprint density at radius 2 is 1.88 bits per heavy atom. The van der Waals surface area contributed by atoms with Crippen LogP contribution in [0.2, 0.25) is 0 Å². The third kappa shape index (κ3) is 7.41. The molecule has 1 aliphatic heterocycles. The van der Waals surface area contributed by atoms with E-state index in [9.17, 15) is 24.9 Å². The normalized spacial score (nSPS) is 27.4. The van der Waals surface area contributed by atoms with Crippen molar-refractivity contribution in [3.63, 3.8) is 0 Å². The summed E-state index contributed by atoms with van der Waals surface area (Å²) in [6.07, 6.45) is -4.13. The lowest BCUT2D eigenvalue weighted by Gasteiger charge is -2.42. The summed E-state index contributed by atoms with van der Waals surface area (Å²) in [4.78, 5) is 23.8. The average Bonchev–Trinajstić information content (AvgIpc) is 2.76. The summed E-state index contributed by atoms with van der Waals surface area (Å²) in [5.41, 5.74) is 5.78. The second-order valence-electron chi connectivity index (χ2n) is 8.10. The second-order valence-corrected chi connectivity index (χ2v) is 8.60. The van der Waals surface area contributed by atoms with Gasteiger partial charge in [-0.3, -0.25) is 9.59 Å². The number of methoxy groups -OCH3 is 1. The van der Waals surface area contributed by atoms with Gasteiger partial charge in [-0.05, 0) is 44.0 Å². The first kappa shape index (κ1) is 26.5. The average molecular weight is 473 g/mol. The van der Waals surface area contributed by atoms with Gasteiger partial charge in [-0.2, -0.15) is 0 Å². The molecule has 0 aliphatic carbocycles. The van der Waals surface area contributed by atoms with Gasteiger partial charge in [-0.1, -0.05) is 0 Å². The topological polar surface area (TPSA) is 161 Å². The molecule has 5 unspecified atom stereocenters. The maximum absolute atomic E-state index is 12.7. The van der Waals surface area contributed by atoms with E-state index in [1.54, 1.807) is 31.2 Å². The van der Waals surface area contributed by atoms with E-state index >= 15 is 0 Å². The Bertz CT molecular complexity index is 761. The molecule has 1 saturated heterocycles. The molecule has 1 aromatic rings. The molecule has 0 saturated carbocycles. The molecule has 180 valence electrons. The summed E-state index contributed by atoms with van der Waals surface area (Å²) < 4.78 is 16.4. The molecule has 1 aromatic carbocycles. The van der Waals surface area contributed by atoms with Crippen molar-refractivity contribution < 1.29 is 39.1 Å². The van der Waals surface area contributed by atoms with E-state index in [4.69, 9.17) is 19.9 Å². The molecule has 0 spiro atoms. The number of nitrogens with one attached hydrogen (secondary N) is 1. The number of aliphatic hydroxyl groups excluding tert-OH is 3. The minimum absolute atomic E-state index is 0.0916. The third-order valence-electron chi connectivity index (χ3n) is 5.40. The molecular weight excluding hydrogens is 440 g/mol. The number of benzene rings is 1. The molecular formula is C21H32N2O8S. The lowest BCUT2D eigenvalue weighted by molar-refractivity contribution is -0.269. The third-order valence-corrected chi connectivity index (χ3v) is 5.62. The SMILES string of the molecule is COc1ccc(C(=O)NC2C(OCCC(C)(N)CCC(=O)S)OC(CO)[C@@H](O)C2O)cc1. The van der Waals surface area contributed by atoms with Crippen LogP contribution in [0, 0.1) is 0 Å². The van der Waals surface area contributed by atoms with Crippen LogP contribution in [0.5, 0.6) is 5.75 Å². The van der Waals surface area contributed by atoms with Crippen LogP contribution in [0.25, 0.3) is 0 Å². The van der Waals surface area contributed by atoms with Gasteiger partial charge >= 0.3 is 0 Å². The van der Waals surface area contributed by atoms with Gasteiger partial charge in [0, 0.05) is 17.5 Å². The number of carbonyl (C=O) groups is 2. The molecule has 0 radical (unpaired) electrons. The fourth-order valence-corrected chi connectivity index (χ4v) is 3.39. The van der Waals surface area contributed by atoms with Gasteiger partial charge in [0.05, 0.1) is 20.3 Å². The number of aliphatic hydroxyl groups is 3. The lowest BCUT2D eigenvalue weighted by atomic mass is 9.93. The molecule has 1 heterocycles. The molecule has 1 amide bonds. The van der Waals surface area contributed by atoms with Crippen LogP contribution in [0.1, 0.15) is 36.5 Å². The molecule has 2 rings (SSSR count). The van der Waals surface area contributed by atoms with Crippen LogP contribution < -0.4 is 15.8 Å². The van der Waals surface area contributed by atoms with Crippen LogP contribution in [-0.4, -0.2) is 82.8 Å². The summed E-state index contributed by atoms with van der Waals surface area (Å²) in [5, 5.41) is 32.6. The van der Waals surface area contributed by atoms with E-state index in [-0.39, 0.29) is 18.1 Å². The first-order valence-electron chi connectivity index (χ1n) is 10.3. The van der Waals surface area contributed by atoms with Gasteiger partial charge < -0.3 is 40.6 Å². The van der Waals surface area contributed by atoms with Gasteiger partial charge in [-0.25, -0.2) is 0 Å². The van der Waals surface area contributed by atoms with E-state index in [1.807, 2.05) is 0 Å². The zero-order chi connectivity index (χ0) is 23.9. The molecule has 6 atom stereocenters. The van der Waals surface area contributed by atoms with Gasteiger partial charge in [0.2, 0.25) is 0 Å². The van der Waals surface area contributed by atoms with Crippen molar-refractivity contribution in [3.8, 4) is 5.75 Å². The Kier molecular flexibility index (Phi) is 9.89. The zero-order valence-corrected chi connectivity index (χ0v) is 19.0. The Labute approximate surface area is 192 Å². The predicted octanol–water partition coefficient (Wildman–Crippen LogP) is -0.407. The standard InChI is InChI=1S/C21H32N2O8S/c1-21(22,8-7-15(25)32)9-10-30-20-16(18(27)17(26)14(11-24)31-20)23-19(28)12-3-5-13(29-2)6-4-12/h3-6,14,16-18,20,24,26-27H,7-11,22H2,1-2H3,(H,23,28)(H,25,32)/t14?,16?,17-,18?,20?,21?/m1/s1. The fourth-order valence-electron chi connectivity index (χ4n) is 3.28. The molecule has 32 heavy (non-hydrogen) atoms. The van der Waals surface area contributed by atoms with E-state index in [2.05, 4.69) is 17.9 Å². The smallest absolute Gasteiger partial charge is 0.251 e. The Morgan fingerprint density at radius 3 is 2.44 bits per heavy atom. The minimum atomic E-state index is -1.45. The number of hydrogen-bond acceptors (Lipinski definition) is 9. The highest BCUT2D eigenvalue weighted by Crippen LogP contribution is 2.24. The van der Waals surface area contributed by atoms with Crippen LogP contribution in [-0.2, 0) is 14.3 Å². The summed E-state index contributed by atoms with van der Waals surface area (Å²) in [6.45, 7) is 1.32. The first-order chi connectivity index (χ1) is 15.1. The number of nitrogens with two attached hydrogens (primary N) is 1. The van der Waals surface area contributed by atoms with Crippen LogP contribution >= 0.6 is 12.6 Å². The number of carbonyl (C=O) groups excluding carboxylic acids is 2. The minimum Gasteiger partial charge on any atom is -0.497 e. The number of amides is 1. The number of rotatable bonds is 11. The maximum Gasteiger partial charge on any atom is 0.251 e. The van der Waals surface area contributed by atoms with Crippen molar-refractivity contribution in [3.05, 3.63) is 29.8 Å². The zero-order valence-electron chi connectivity index (χ0n) is 18.1. The van der Waals surface area contributed by atoms with Crippen molar-refractivity contribution >= 4 is 23.7 Å². The van der Waals surface area contributed by atoms with Gasteiger partial charge in [0.15, 0.2) is 11.4 Å². The Balaban J connectivity index is 2.06. The monoisotopic (exact) mass is 472 g/mol. The molecule has 1 aliphatic rings. The molecule has 10 nitrogen and oxygen atoms in total. The Hall–Kier alpha value is -1.73.